The number of carboxylic acids is 1. The van der Waals surface area contributed by atoms with Crippen LogP contribution in [0.4, 0.5) is 0 Å². The summed E-state index contributed by atoms with van der Waals surface area (Å²) in [6.45, 7) is 3.32. The molecule has 0 fully saturated rings. The predicted molar refractivity (Wildman–Crippen MR) is 76.4 cm³/mol. The molecule has 0 aliphatic heterocycles. The number of ether oxygens (including phenoxy) is 1. The highest BCUT2D eigenvalue weighted by molar-refractivity contribution is 5.98. The maximum Gasteiger partial charge on any atom is 0.323 e. The van der Waals surface area contributed by atoms with Gasteiger partial charge in [-0.05, 0) is 38.7 Å². The van der Waals surface area contributed by atoms with E-state index in [1.165, 1.54) is 12.5 Å². The first kappa shape index (κ1) is 16.2. The molecule has 0 spiro atoms. The van der Waals surface area contributed by atoms with Gasteiger partial charge in [0.25, 0.3) is 0 Å². The Bertz CT molecular complexity index is 441. The molecular formula is C16H22O4. The maximum absolute atomic E-state index is 11.8. The summed E-state index contributed by atoms with van der Waals surface area (Å²) in [5, 5.41) is 9.25. The molecule has 1 rings (SSSR count). The minimum Gasteiger partial charge on any atom is -0.480 e. The predicted octanol–water partition coefficient (Wildman–Crippen LogP) is 3.05. The molecule has 1 aromatic rings. The number of carbonyl (C=O) groups excluding carboxylic acids is 1. The lowest BCUT2D eigenvalue weighted by atomic mass is 9.84. The topological polar surface area (TPSA) is 63.6 Å². The second kappa shape index (κ2) is 7.68. The third kappa shape index (κ3) is 4.37. The Kier molecular flexibility index (Phi) is 6.22. The van der Waals surface area contributed by atoms with Gasteiger partial charge in [-0.2, -0.15) is 0 Å². The van der Waals surface area contributed by atoms with Gasteiger partial charge in [-0.1, -0.05) is 36.8 Å². The summed E-state index contributed by atoms with van der Waals surface area (Å²) in [6.07, 6.45) is 2.72. The number of carboxylic acid groups (broad SMARTS) is 1. The number of unbranched alkanes of at least 4 members (excludes halogenated alkanes) is 1. The van der Waals surface area contributed by atoms with Crippen molar-refractivity contribution in [2.24, 2.45) is 5.41 Å². The molecule has 110 valence electrons. The van der Waals surface area contributed by atoms with Crippen molar-refractivity contribution in [3.63, 3.8) is 0 Å². The van der Waals surface area contributed by atoms with Crippen LogP contribution >= 0.6 is 0 Å². The number of aliphatic carboxylic acids is 1. The molecular weight excluding hydrogens is 256 g/mol. The second-order valence-corrected chi connectivity index (χ2v) is 5.05. The Morgan fingerprint density at radius 1 is 1.20 bits per heavy atom. The van der Waals surface area contributed by atoms with Crippen molar-refractivity contribution >= 4 is 11.9 Å². The number of rotatable bonds is 8. The van der Waals surface area contributed by atoms with E-state index in [4.69, 9.17) is 4.74 Å². The van der Waals surface area contributed by atoms with Crippen molar-refractivity contribution in [3.8, 4) is 0 Å². The zero-order valence-electron chi connectivity index (χ0n) is 12.1. The van der Waals surface area contributed by atoms with Crippen molar-refractivity contribution < 1.29 is 19.4 Å². The number of benzene rings is 1. The van der Waals surface area contributed by atoms with Gasteiger partial charge in [0.05, 0.1) is 6.61 Å². The summed E-state index contributed by atoms with van der Waals surface area (Å²) >= 11 is 0. The van der Waals surface area contributed by atoms with E-state index in [0.29, 0.717) is 12.8 Å². The third-order valence-electron chi connectivity index (χ3n) is 3.43. The molecule has 4 nitrogen and oxygen atoms in total. The van der Waals surface area contributed by atoms with E-state index in [-0.39, 0.29) is 6.61 Å². The van der Waals surface area contributed by atoms with Crippen molar-refractivity contribution in [2.45, 2.75) is 39.5 Å². The van der Waals surface area contributed by atoms with Gasteiger partial charge in [0.1, 0.15) is 0 Å². The maximum atomic E-state index is 11.8. The molecule has 0 aromatic heterocycles. The van der Waals surface area contributed by atoms with Crippen LogP contribution in [0, 0.1) is 5.41 Å². The van der Waals surface area contributed by atoms with E-state index >= 15 is 0 Å². The Morgan fingerprint density at radius 3 is 2.40 bits per heavy atom. The number of aryl methyl sites for hydroxylation is 1. The van der Waals surface area contributed by atoms with Crippen molar-refractivity contribution in [1.82, 2.24) is 0 Å². The van der Waals surface area contributed by atoms with Crippen molar-refractivity contribution in [1.29, 1.82) is 0 Å². The van der Waals surface area contributed by atoms with E-state index in [2.05, 4.69) is 0 Å². The average Bonchev–Trinajstić information content (AvgIpc) is 2.44. The lowest BCUT2D eigenvalue weighted by molar-refractivity contribution is -0.167. The minimum absolute atomic E-state index is 0.200. The van der Waals surface area contributed by atoms with Crippen molar-refractivity contribution in [2.75, 3.05) is 6.61 Å². The standard InChI is InChI=1S/C16H22O4/c1-3-20-15(19)16(2,14(17)18)12-8-7-11-13-9-5-4-6-10-13/h4-6,9-10H,3,7-8,11-12H2,1-2H3,(H,17,18). The van der Waals surface area contributed by atoms with Crippen LogP contribution in [0.2, 0.25) is 0 Å². The molecule has 20 heavy (non-hydrogen) atoms. The van der Waals surface area contributed by atoms with Crippen LogP contribution in [0.5, 0.6) is 0 Å². The van der Waals surface area contributed by atoms with E-state index < -0.39 is 17.4 Å². The van der Waals surface area contributed by atoms with Gasteiger partial charge in [-0.15, -0.1) is 0 Å². The van der Waals surface area contributed by atoms with Gasteiger partial charge in [0.2, 0.25) is 0 Å². The summed E-state index contributed by atoms with van der Waals surface area (Å²) in [7, 11) is 0. The van der Waals surface area contributed by atoms with Crippen LogP contribution < -0.4 is 0 Å². The Morgan fingerprint density at radius 2 is 1.85 bits per heavy atom. The van der Waals surface area contributed by atoms with E-state index in [0.717, 1.165) is 12.8 Å². The number of carbonyl (C=O) groups is 2. The lowest BCUT2D eigenvalue weighted by Crippen LogP contribution is -2.38. The zero-order valence-corrected chi connectivity index (χ0v) is 12.1. The van der Waals surface area contributed by atoms with Gasteiger partial charge < -0.3 is 9.84 Å². The molecule has 0 aliphatic carbocycles. The first-order valence-corrected chi connectivity index (χ1v) is 6.95. The molecule has 1 atom stereocenters. The van der Waals surface area contributed by atoms with Crippen LogP contribution in [0.3, 0.4) is 0 Å². The number of hydrogen-bond donors (Lipinski definition) is 1. The summed E-state index contributed by atoms with van der Waals surface area (Å²) in [4.78, 5) is 23.1. The van der Waals surface area contributed by atoms with Gasteiger partial charge in [0.15, 0.2) is 5.41 Å². The molecule has 0 bridgehead atoms. The quantitative estimate of drug-likeness (QED) is 0.451. The molecule has 4 heteroatoms. The molecule has 0 radical (unpaired) electrons. The van der Waals surface area contributed by atoms with Gasteiger partial charge in [-0.25, -0.2) is 0 Å². The van der Waals surface area contributed by atoms with Crippen LogP contribution in [0.25, 0.3) is 0 Å². The summed E-state index contributed by atoms with van der Waals surface area (Å²) in [6, 6.07) is 10.0. The van der Waals surface area contributed by atoms with Gasteiger partial charge >= 0.3 is 11.9 Å². The molecule has 1 aromatic carbocycles. The van der Waals surface area contributed by atoms with Gasteiger partial charge in [-0.3, -0.25) is 9.59 Å². The third-order valence-corrected chi connectivity index (χ3v) is 3.43. The van der Waals surface area contributed by atoms with Crippen molar-refractivity contribution in [3.05, 3.63) is 35.9 Å². The number of esters is 1. The SMILES string of the molecule is CCOC(=O)C(C)(CCCCc1ccccc1)C(=O)O. The summed E-state index contributed by atoms with van der Waals surface area (Å²) in [5.74, 6) is -1.76. The molecule has 0 saturated carbocycles. The molecule has 1 N–H and O–H groups in total. The zero-order chi connectivity index (χ0) is 15.0. The van der Waals surface area contributed by atoms with Crippen LogP contribution in [0.1, 0.15) is 38.7 Å². The first-order chi connectivity index (χ1) is 9.50. The highest BCUT2D eigenvalue weighted by atomic mass is 16.5. The van der Waals surface area contributed by atoms with E-state index in [1.807, 2.05) is 30.3 Å². The summed E-state index contributed by atoms with van der Waals surface area (Å²) < 4.78 is 4.86. The highest BCUT2D eigenvalue weighted by Crippen LogP contribution is 2.27. The largest absolute Gasteiger partial charge is 0.480 e. The number of hydrogen-bond acceptors (Lipinski definition) is 3. The Hall–Kier alpha value is -1.84. The molecule has 0 aliphatic rings. The van der Waals surface area contributed by atoms with E-state index in [9.17, 15) is 14.7 Å². The van der Waals surface area contributed by atoms with E-state index in [1.54, 1.807) is 6.92 Å². The smallest absolute Gasteiger partial charge is 0.323 e. The van der Waals surface area contributed by atoms with Crippen LogP contribution in [-0.2, 0) is 20.7 Å². The fraction of sp³-hybridized carbons (Fsp3) is 0.500. The molecule has 0 saturated heterocycles. The highest BCUT2D eigenvalue weighted by Gasteiger charge is 2.42. The van der Waals surface area contributed by atoms with Gasteiger partial charge in [0, 0.05) is 0 Å². The molecule has 1 unspecified atom stereocenters. The minimum atomic E-state index is -1.44. The fourth-order valence-electron chi connectivity index (χ4n) is 2.04. The van der Waals surface area contributed by atoms with Crippen LogP contribution in [0.15, 0.2) is 30.3 Å². The summed E-state index contributed by atoms with van der Waals surface area (Å²) in [5.41, 5.74) is -0.215. The lowest BCUT2D eigenvalue weighted by Gasteiger charge is -2.22. The monoisotopic (exact) mass is 278 g/mol. The second-order valence-electron chi connectivity index (χ2n) is 5.05. The molecule has 0 heterocycles. The fourth-order valence-corrected chi connectivity index (χ4v) is 2.04. The first-order valence-electron chi connectivity index (χ1n) is 6.95. The molecule has 0 amide bonds. The Labute approximate surface area is 119 Å². The normalized spacial score (nSPS) is 13.5. The average molecular weight is 278 g/mol. The Balaban J connectivity index is 2.47. The van der Waals surface area contributed by atoms with Crippen LogP contribution in [-0.4, -0.2) is 23.7 Å².